The van der Waals surface area contributed by atoms with Gasteiger partial charge in [-0.25, -0.2) is 4.98 Å². The van der Waals surface area contributed by atoms with Gasteiger partial charge in [0.15, 0.2) is 6.29 Å². The van der Waals surface area contributed by atoms with E-state index in [1.807, 2.05) is 0 Å². The minimum atomic E-state index is -2.89. The van der Waals surface area contributed by atoms with Gasteiger partial charge in [-0.15, -0.1) is 0 Å². The summed E-state index contributed by atoms with van der Waals surface area (Å²) in [7, 11) is 0. The zero-order valence-electron chi connectivity index (χ0n) is 5.91. The molecule has 0 aliphatic rings. The van der Waals surface area contributed by atoms with Crippen LogP contribution in [0.5, 0.6) is 5.88 Å². The lowest BCUT2D eigenvalue weighted by atomic mass is 10.3. The molecule has 0 aliphatic carbocycles. The van der Waals surface area contributed by atoms with Gasteiger partial charge in [0.1, 0.15) is 0 Å². The molecule has 1 aromatic rings. The van der Waals surface area contributed by atoms with Crippen molar-refractivity contribution in [3.63, 3.8) is 0 Å². The van der Waals surface area contributed by atoms with Crippen molar-refractivity contribution in [1.82, 2.24) is 4.98 Å². The highest BCUT2D eigenvalue weighted by atomic mass is 19.3. The quantitative estimate of drug-likeness (QED) is 0.650. The number of alkyl halides is 2. The summed E-state index contributed by atoms with van der Waals surface area (Å²) in [6.45, 7) is -2.89. The standard InChI is InChI=1S/C7H5F2NO2/c8-7(9)12-6-2-1-5(4-11)3-10-6/h1-4,7H. The van der Waals surface area contributed by atoms with Gasteiger partial charge in [0.05, 0.1) is 0 Å². The summed E-state index contributed by atoms with van der Waals surface area (Å²) in [6, 6.07) is 2.55. The van der Waals surface area contributed by atoms with Gasteiger partial charge in [0, 0.05) is 17.8 Å². The Kier molecular flexibility index (Phi) is 2.68. The van der Waals surface area contributed by atoms with Crippen molar-refractivity contribution in [2.45, 2.75) is 6.61 Å². The molecule has 0 radical (unpaired) electrons. The van der Waals surface area contributed by atoms with Crippen LogP contribution in [-0.4, -0.2) is 17.9 Å². The molecule has 0 saturated carbocycles. The van der Waals surface area contributed by atoms with Gasteiger partial charge < -0.3 is 4.74 Å². The molecule has 0 N–H and O–H groups in total. The Morgan fingerprint density at radius 3 is 2.67 bits per heavy atom. The van der Waals surface area contributed by atoms with Crippen LogP contribution in [0.4, 0.5) is 8.78 Å². The predicted octanol–water partition coefficient (Wildman–Crippen LogP) is 1.50. The van der Waals surface area contributed by atoms with Crippen LogP contribution in [0.3, 0.4) is 0 Å². The normalized spacial score (nSPS) is 9.92. The minimum absolute atomic E-state index is 0.199. The molecule has 0 unspecified atom stereocenters. The van der Waals surface area contributed by atoms with E-state index in [0.717, 1.165) is 6.20 Å². The first-order valence-corrected chi connectivity index (χ1v) is 3.08. The van der Waals surface area contributed by atoms with Crippen LogP contribution in [-0.2, 0) is 0 Å². The average molecular weight is 173 g/mol. The molecule has 1 rings (SSSR count). The van der Waals surface area contributed by atoms with Crippen molar-refractivity contribution in [2.24, 2.45) is 0 Å². The lowest BCUT2D eigenvalue weighted by Crippen LogP contribution is -2.03. The van der Waals surface area contributed by atoms with Crippen LogP contribution in [0.1, 0.15) is 10.4 Å². The molecule has 0 atom stereocenters. The largest absolute Gasteiger partial charge is 0.417 e. The Balaban J connectivity index is 2.71. The molecule has 1 heterocycles. The molecule has 0 spiro atoms. The molecule has 12 heavy (non-hydrogen) atoms. The minimum Gasteiger partial charge on any atom is -0.417 e. The smallest absolute Gasteiger partial charge is 0.388 e. The summed E-state index contributed by atoms with van der Waals surface area (Å²) >= 11 is 0. The van der Waals surface area contributed by atoms with Crippen LogP contribution < -0.4 is 4.74 Å². The molecule has 64 valence electrons. The van der Waals surface area contributed by atoms with Crippen molar-refractivity contribution < 1.29 is 18.3 Å². The first-order chi connectivity index (χ1) is 5.72. The Morgan fingerprint density at radius 1 is 1.50 bits per heavy atom. The van der Waals surface area contributed by atoms with Crippen LogP contribution in [0, 0.1) is 0 Å². The maximum absolute atomic E-state index is 11.6. The van der Waals surface area contributed by atoms with Crippen molar-refractivity contribution in [3.05, 3.63) is 23.9 Å². The summed E-state index contributed by atoms with van der Waals surface area (Å²) in [5.74, 6) is -0.199. The second-order valence-electron chi connectivity index (χ2n) is 1.93. The number of halogens is 2. The molecule has 0 aliphatic heterocycles. The molecule has 3 nitrogen and oxygen atoms in total. The Bertz CT molecular complexity index is 261. The van der Waals surface area contributed by atoms with Crippen molar-refractivity contribution in [2.75, 3.05) is 0 Å². The number of ether oxygens (including phenoxy) is 1. The number of carbonyl (C=O) groups excluding carboxylic acids is 1. The molecule has 0 fully saturated rings. The first-order valence-electron chi connectivity index (χ1n) is 3.08. The summed E-state index contributed by atoms with van der Waals surface area (Å²) in [5, 5.41) is 0. The third kappa shape index (κ3) is 2.26. The highest BCUT2D eigenvalue weighted by molar-refractivity contribution is 5.73. The summed E-state index contributed by atoms with van der Waals surface area (Å²) in [4.78, 5) is 13.6. The average Bonchev–Trinajstić information content (AvgIpc) is 2.05. The van der Waals surface area contributed by atoms with Crippen molar-refractivity contribution in [1.29, 1.82) is 0 Å². The van der Waals surface area contributed by atoms with Crippen molar-refractivity contribution in [3.8, 4) is 5.88 Å². The lowest BCUT2D eigenvalue weighted by molar-refractivity contribution is -0.0528. The SMILES string of the molecule is O=Cc1ccc(OC(F)F)nc1. The van der Waals surface area contributed by atoms with E-state index in [4.69, 9.17) is 0 Å². The van der Waals surface area contributed by atoms with E-state index in [9.17, 15) is 13.6 Å². The van der Waals surface area contributed by atoms with Crippen LogP contribution in [0.2, 0.25) is 0 Å². The van der Waals surface area contributed by atoms with Gasteiger partial charge in [0.25, 0.3) is 0 Å². The number of hydrogen-bond donors (Lipinski definition) is 0. The van der Waals surface area contributed by atoms with Gasteiger partial charge >= 0.3 is 6.61 Å². The molecule has 0 amide bonds. The third-order valence-electron chi connectivity index (χ3n) is 1.11. The van der Waals surface area contributed by atoms with Gasteiger partial charge in [-0.05, 0) is 6.07 Å². The van der Waals surface area contributed by atoms with E-state index in [1.54, 1.807) is 0 Å². The number of aromatic nitrogens is 1. The fraction of sp³-hybridized carbons (Fsp3) is 0.143. The fourth-order valence-electron chi connectivity index (χ4n) is 0.622. The molecule has 1 aromatic heterocycles. The molecule has 0 aromatic carbocycles. The van der Waals surface area contributed by atoms with E-state index >= 15 is 0 Å². The van der Waals surface area contributed by atoms with Gasteiger partial charge in [-0.2, -0.15) is 8.78 Å². The van der Waals surface area contributed by atoms with Crippen LogP contribution >= 0.6 is 0 Å². The van der Waals surface area contributed by atoms with E-state index < -0.39 is 6.61 Å². The number of nitrogens with zero attached hydrogens (tertiary/aromatic N) is 1. The number of carbonyl (C=O) groups is 1. The summed E-state index contributed by atoms with van der Waals surface area (Å²) in [5.41, 5.74) is 0.316. The molecule has 0 saturated heterocycles. The predicted molar refractivity (Wildman–Crippen MR) is 36.3 cm³/mol. The number of rotatable bonds is 3. The van der Waals surface area contributed by atoms with Gasteiger partial charge in [-0.3, -0.25) is 4.79 Å². The van der Waals surface area contributed by atoms with E-state index in [2.05, 4.69) is 9.72 Å². The van der Waals surface area contributed by atoms with Crippen LogP contribution in [0.25, 0.3) is 0 Å². The second-order valence-corrected chi connectivity index (χ2v) is 1.93. The Labute approximate surface area is 67.0 Å². The molecular weight excluding hydrogens is 168 g/mol. The van der Waals surface area contributed by atoms with E-state index in [-0.39, 0.29) is 5.88 Å². The zero-order chi connectivity index (χ0) is 8.97. The second kappa shape index (κ2) is 3.75. The van der Waals surface area contributed by atoms with Crippen LogP contribution in [0.15, 0.2) is 18.3 Å². The van der Waals surface area contributed by atoms with E-state index in [0.29, 0.717) is 11.8 Å². The third-order valence-corrected chi connectivity index (χ3v) is 1.11. The Hall–Kier alpha value is -1.52. The van der Waals surface area contributed by atoms with Gasteiger partial charge in [-0.1, -0.05) is 0 Å². The highest BCUT2D eigenvalue weighted by Gasteiger charge is 2.04. The summed E-state index contributed by atoms with van der Waals surface area (Å²) in [6.07, 6.45) is 1.73. The lowest BCUT2D eigenvalue weighted by Gasteiger charge is -2.01. The van der Waals surface area contributed by atoms with E-state index in [1.165, 1.54) is 12.1 Å². The van der Waals surface area contributed by atoms with Gasteiger partial charge in [0.2, 0.25) is 5.88 Å². The number of aldehydes is 1. The first kappa shape index (κ1) is 8.58. The maximum atomic E-state index is 11.6. The maximum Gasteiger partial charge on any atom is 0.388 e. The molecule has 0 bridgehead atoms. The Morgan fingerprint density at radius 2 is 2.25 bits per heavy atom. The number of pyridine rings is 1. The monoisotopic (exact) mass is 173 g/mol. The topological polar surface area (TPSA) is 39.2 Å². The number of hydrogen-bond acceptors (Lipinski definition) is 3. The van der Waals surface area contributed by atoms with Crippen molar-refractivity contribution >= 4 is 6.29 Å². The fourth-order valence-corrected chi connectivity index (χ4v) is 0.622. The highest BCUT2D eigenvalue weighted by Crippen LogP contribution is 2.09. The molecule has 5 heteroatoms. The zero-order valence-corrected chi connectivity index (χ0v) is 5.91. The molecular formula is C7H5F2NO2. The summed E-state index contributed by atoms with van der Waals surface area (Å²) < 4.78 is 27.1.